The average molecular weight is 311 g/mol. The molecule has 2 aromatic rings. The van der Waals surface area contributed by atoms with Crippen LogP contribution in [0, 0.1) is 0 Å². The van der Waals surface area contributed by atoms with Crippen molar-refractivity contribution in [1.29, 1.82) is 0 Å². The molecule has 0 amide bonds. The zero-order valence-corrected chi connectivity index (χ0v) is 13.1. The van der Waals surface area contributed by atoms with Gasteiger partial charge in [0.1, 0.15) is 10.5 Å². The lowest BCUT2D eigenvalue weighted by atomic mass is 10.2. The summed E-state index contributed by atoms with van der Waals surface area (Å²) in [5.41, 5.74) is 0.608. The first kappa shape index (κ1) is 13.9. The van der Waals surface area contributed by atoms with Crippen LogP contribution in [0.2, 0.25) is 0 Å². The summed E-state index contributed by atoms with van der Waals surface area (Å²) in [6, 6.07) is 3.54. The SMILES string of the molecule is CC1(C)CN(S(=O)(=O)c2c[nH]c3ncccc23)CCS1. The van der Waals surface area contributed by atoms with Gasteiger partial charge in [0.25, 0.3) is 0 Å². The Morgan fingerprint density at radius 3 is 3.00 bits per heavy atom. The van der Waals surface area contributed by atoms with E-state index in [9.17, 15) is 8.42 Å². The molecule has 0 aromatic carbocycles. The summed E-state index contributed by atoms with van der Waals surface area (Å²) in [5, 5.41) is 0.656. The molecule has 5 nitrogen and oxygen atoms in total. The van der Waals surface area contributed by atoms with Crippen LogP contribution < -0.4 is 0 Å². The van der Waals surface area contributed by atoms with Crippen LogP contribution in [-0.2, 0) is 10.0 Å². The second kappa shape index (κ2) is 4.75. The van der Waals surface area contributed by atoms with Crippen LogP contribution in [-0.4, -0.2) is 46.3 Å². The third-order valence-corrected chi connectivity index (χ3v) is 6.60. The van der Waals surface area contributed by atoms with Gasteiger partial charge < -0.3 is 4.98 Å². The predicted molar refractivity (Wildman–Crippen MR) is 81.4 cm³/mol. The molecule has 0 saturated carbocycles. The summed E-state index contributed by atoms with van der Waals surface area (Å²) < 4.78 is 27.2. The standard InChI is InChI=1S/C13H17N3O2S2/c1-13(2)9-16(6-7-19-13)20(17,18)11-8-15-12-10(11)4-3-5-14-12/h3-5,8H,6-7,9H2,1-2H3,(H,14,15). The van der Waals surface area contributed by atoms with Gasteiger partial charge in [0.15, 0.2) is 0 Å². The minimum atomic E-state index is -3.47. The predicted octanol–water partition coefficient (Wildman–Crippen LogP) is 2.08. The van der Waals surface area contributed by atoms with Crippen LogP contribution in [0.4, 0.5) is 0 Å². The molecular formula is C13H17N3O2S2. The maximum Gasteiger partial charge on any atom is 0.245 e. The van der Waals surface area contributed by atoms with Crippen molar-refractivity contribution in [3.63, 3.8) is 0 Å². The smallest absolute Gasteiger partial charge is 0.245 e. The number of aromatic amines is 1. The van der Waals surface area contributed by atoms with Crippen molar-refractivity contribution in [2.75, 3.05) is 18.8 Å². The monoisotopic (exact) mass is 311 g/mol. The van der Waals surface area contributed by atoms with Crippen molar-refractivity contribution < 1.29 is 8.42 Å². The number of aromatic nitrogens is 2. The number of nitrogens with zero attached hydrogens (tertiary/aromatic N) is 2. The highest BCUT2D eigenvalue weighted by atomic mass is 32.2. The molecule has 1 aliphatic heterocycles. The Balaban J connectivity index is 2.04. The number of sulfonamides is 1. The Bertz CT molecular complexity index is 737. The van der Waals surface area contributed by atoms with E-state index in [1.54, 1.807) is 28.8 Å². The highest BCUT2D eigenvalue weighted by molar-refractivity contribution is 8.00. The molecule has 1 N–H and O–H groups in total. The summed E-state index contributed by atoms with van der Waals surface area (Å²) in [6.45, 7) is 5.25. The number of H-pyrrole nitrogens is 1. The molecule has 0 aliphatic carbocycles. The molecule has 0 bridgehead atoms. The van der Waals surface area contributed by atoms with E-state index < -0.39 is 10.0 Å². The summed E-state index contributed by atoms with van der Waals surface area (Å²) in [6.07, 6.45) is 3.19. The number of hydrogen-bond donors (Lipinski definition) is 1. The van der Waals surface area contributed by atoms with Crippen LogP contribution in [0.15, 0.2) is 29.4 Å². The van der Waals surface area contributed by atoms with E-state index in [1.807, 2.05) is 11.8 Å². The number of thioether (sulfide) groups is 1. The van der Waals surface area contributed by atoms with Crippen molar-refractivity contribution in [2.45, 2.75) is 23.5 Å². The van der Waals surface area contributed by atoms with Gasteiger partial charge in [0.05, 0.1) is 0 Å². The average Bonchev–Trinajstić information content (AvgIpc) is 2.82. The third-order valence-electron chi connectivity index (χ3n) is 3.42. The lowest BCUT2D eigenvalue weighted by Crippen LogP contribution is -2.46. The normalized spacial score (nSPS) is 20.3. The van der Waals surface area contributed by atoms with Gasteiger partial charge in [-0.15, -0.1) is 0 Å². The Kier molecular flexibility index (Phi) is 3.30. The second-order valence-electron chi connectivity index (χ2n) is 5.50. The van der Waals surface area contributed by atoms with Crippen molar-refractivity contribution >= 4 is 32.8 Å². The number of hydrogen-bond acceptors (Lipinski definition) is 4. The minimum absolute atomic E-state index is 0.0460. The fourth-order valence-electron chi connectivity index (χ4n) is 2.46. The van der Waals surface area contributed by atoms with Crippen LogP contribution in [0.25, 0.3) is 11.0 Å². The molecule has 0 spiro atoms. The summed E-state index contributed by atoms with van der Waals surface area (Å²) >= 11 is 1.81. The summed E-state index contributed by atoms with van der Waals surface area (Å²) in [4.78, 5) is 7.40. The Hall–Kier alpha value is -1.05. The zero-order valence-electron chi connectivity index (χ0n) is 11.5. The third kappa shape index (κ3) is 2.34. The molecule has 3 rings (SSSR count). The van der Waals surface area contributed by atoms with E-state index >= 15 is 0 Å². The fourth-order valence-corrected chi connectivity index (χ4v) is 5.52. The number of fused-ring (bicyclic) bond motifs is 1. The Labute approximate surface area is 122 Å². The molecule has 1 saturated heterocycles. The van der Waals surface area contributed by atoms with Crippen molar-refractivity contribution in [3.05, 3.63) is 24.5 Å². The minimum Gasteiger partial charge on any atom is -0.345 e. The van der Waals surface area contributed by atoms with Crippen molar-refractivity contribution in [3.8, 4) is 0 Å². The van der Waals surface area contributed by atoms with Crippen molar-refractivity contribution in [1.82, 2.24) is 14.3 Å². The molecule has 108 valence electrons. The second-order valence-corrected chi connectivity index (χ2v) is 9.21. The molecule has 2 aromatic heterocycles. The highest BCUT2D eigenvalue weighted by Crippen LogP contribution is 2.33. The van der Waals surface area contributed by atoms with Crippen LogP contribution in [0.1, 0.15) is 13.8 Å². The van der Waals surface area contributed by atoms with Gasteiger partial charge in [-0.1, -0.05) is 0 Å². The zero-order chi connectivity index (χ0) is 14.4. The van der Waals surface area contributed by atoms with Gasteiger partial charge in [-0.05, 0) is 26.0 Å². The molecule has 1 aliphatic rings. The Morgan fingerprint density at radius 1 is 1.45 bits per heavy atom. The van der Waals surface area contributed by atoms with Crippen LogP contribution in [0.5, 0.6) is 0 Å². The molecule has 20 heavy (non-hydrogen) atoms. The first-order chi connectivity index (χ1) is 9.40. The van der Waals surface area contributed by atoms with Crippen molar-refractivity contribution in [2.24, 2.45) is 0 Å². The number of nitrogens with one attached hydrogen (secondary N) is 1. The first-order valence-electron chi connectivity index (χ1n) is 6.46. The van der Waals surface area contributed by atoms with Crippen LogP contribution in [0.3, 0.4) is 0 Å². The summed E-state index contributed by atoms with van der Waals surface area (Å²) in [5.74, 6) is 0.826. The lowest BCUT2D eigenvalue weighted by molar-refractivity contribution is 0.388. The van der Waals surface area contributed by atoms with E-state index in [0.717, 1.165) is 5.75 Å². The van der Waals surface area contributed by atoms with E-state index in [-0.39, 0.29) is 4.75 Å². The lowest BCUT2D eigenvalue weighted by Gasteiger charge is -2.36. The Morgan fingerprint density at radius 2 is 2.25 bits per heavy atom. The van der Waals surface area contributed by atoms with Gasteiger partial charge in [0, 0.05) is 41.4 Å². The van der Waals surface area contributed by atoms with E-state index in [2.05, 4.69) is 23.8 Å². The fraction of sp³-hybridized carbons (Fsp3) is 0.462. The van der Waals surface area contributed by atoms with E-state index in [1.165, 1.54) is 0 Å². The quantitative estimate of drug-likeness (QED) is 0.922. The van der Waals surface area contributed by atoms with Gasteiger partial charge in [0.2, 0.25) is 10.0 Å². The van der Waals surface area contributed by atoms with Gasteiger partial charge >= 0.3 is 0 Å². The molecule has 1 fully saturated rings. The molecule has 0 radical (unpaired) electrons. The van der Waals surface area contributed by atoms with Gasteiger partial charge in [-0.2, -0.15) is 16.1 Å². The molecule has 3 heterocycles. The first-order valence-corrected chi connectivity index (χ1v) is 8.89. The molecule has 7 heteroatoms. The van der Waals surface area contributed by atoms with E-state index in [4.69, 9.17) is 0 Å². The van der Waals surface area contributed by atoms with Gasteiger partial charge in [-0.3, -0.25) is 0 Å². The number of pyridine rings is 1. The number of rotatable bonds is 2. The molecule has 0 atom stereocenters. The maximum absolute atomic E-state index is 12.8. The molecular weight excluding hydrogens is 294 g/mol. The topological polar surface area (TPSA) is 66.1 Å². The van der Waals surface area contributed by atoms with E-state index in [0.29, 0.717) is 29.0 Å². The van der Waals surface area contributed by atoms with Crippen LogP contribution >= 0.6 is 11.8 Å². The largest absolute Gasteiger partial charge is 0.345 e. The van der Waals surface area contributed by atoms with Gasteiger partial charge in [-0.25, -0.2) is 13.4 Å². The maximum atomic E-state index is 12.8. The molecule has 0 unspecified atom stereocenters. The highest BCUT2D eigenvalue weighted by Gasteiger charge is 2.35. The summed E-state index contributed by atoms with van der Waals surface area (Å²) in [7, 11) is -3.47.